The molecule has 0 saturated carbocycles. The van der Waals surface area contributed by atoms with Gasteiger partial charge in [0.2, 0.25) is 0 Å². The van der Waals surface area contributed by atoms with Crippen molar-refractivity contribution in [3.05, 3.63) is 53.2 Å². The number of imide groups is 1. The maximum absolute atomic E-state index is 12.3. The lowest BCUT2D eigenvalue weighted by molar-refractivity contribution is -0.0592. The summed E-state index contributed by atoms with van der Waals surface area (Å²) in [6.07, 6.45) is 2.27. The molecule has 1 aromatic heterocycles. The van der Waals surface area contributed by atoms with E-state index in [1.165, 1.54) is 12.1 Å². The number of ether oxygens (including phenoxy) is 1. The van der Waals surface area contributed by atoms with Crippen molar-refractivity contribution in [1.29, 1.82) is 0 Å². The van der Waals surface area contributed by atoms with Gasteiger partial charge < -0.3 is 14.0 Å². The first-order chi connectivity index (χ1) is 11.7. The van der Waals surface area contributed by atoms with Gasteiger partial charge in [-0.15, -0.1) is 0 Å². The van der Waals surface area contributed by atoms with Crippen LogP contribution < -0.4 is 0 Å². The molecule has 1 atom stereocenters. The van der Waals surface area contributed by atoms with E-state index in [1.807, 2.05) is 0 Å². The van der Waals surface area contributed by atoms with Crippen LogP contribution in [0.1, 0.15) is 55.9 Å². The minimum absolute atomic E-state index is 0.0987. The fourth-order valence-corrected chi connectivity index (χ4v) is 2.80. The molecule has 24 heavy (non-hydrogen) atoms. The number of rotatable bonds is 3. The fourth-order valence-electron chi connectivity index (χ4n) is 2.80. The average Bonchev–Trinajstić information content (AvgIpc) is 3.31. The van der Waals surface area contributed by atoms with Crippen LogP contribution in [-0.4, -0.2) is 34.4 Å². The van der Waals surface area contributed by atoms with Crippen LogP contribution in [0.15, 0.2) is 35.1 Å². The van der Waals surface area contributed by atoms with E-state index in [1.54, 1.807) is 12.1 Å². The molecule has 0 aliphatic carbocycles. The Morgan fingerprint density at radius 1 is 1.21 bits per heavy atom. The lowest BCUT2D eigenvalue weighted by atomic mass is 10.1. The van der Waals surface area contributed by atoms with Gasteiger partial charge in [0.25, 0.3) is 11.8 Å². The van der Waals surface area contributed by atoms with Crippen LogP contribution in [0, 0.1) is 0 Å². The number of nitrogens with zero attached hydrogens (tertiary/aromatic N) is 2. The molecule has 1 fully saturated rings. The van der Waals surface area contributed by atoms with E-state index in [4.69, 9.17) is 14.0 Å². The zero-order chi connectivity index (χ0) is 16.7. The molecule has 1 unspecified atom stereocenters. The summed E-state index contributed by atoms with van der Waals surface area (Å²) >= 11 is 0. The van der Waals surface area contributed by atoms with Crippen LogP contribution in [0.5, 0.6) is 0 Å². The van der Waals surface area contributed by atoms with Crippen molar-refractivity contribution in [2.24, 2.45) is 0 Å². The van der Waals surface area contributed by atoms with Gasteiger partial charge >= 0.3 is 5.97 Å². The number of carbonyl (C=O) groups excluding carboxylic acids is 3. The molecule has 3 heterocycles. The van der Waals surface area contributed by atoms with Gasteiger partial charge in [-0.05, 0) is 25.0 Å². The van der Waals surface area contributed by atoms with Gasteiger partial charge in [0.1, 0.15) is 6.10 Å². The number of hydrogen-bond donors (Lipinski definition) is 0. The number of fused-ring (bicyclic) bond motifs is 1. The summed E-state index contributed by atoms with van der Waals surface area (Å²) in [5.41, 5.74) is 0.281. The van der Waals surface area contributed by atoms with Crippen molar-refractivity contribution in [3.8, 4) is 0 Å². The van der Waals surface area contributed by atoms with Crippen molar-refractivity contribution in [2.75, 3.05) is 6.61 Å². The van der Waals surface area contributed by atoms with E-state index in [2.05, 4.69) is 4.98 Å². The molecule has 2 aromatic rings. The Balaban J connectivity index is 1.57. The second-order valence-corrected chi connectivity index (χ2v) is 5.40. The molecule has 8 heteroatoms. The average molecular weight is 328 g/mol. The first-order valence-electron chi connectivity index (χ1n) is 7.42. The first kappa shape index (κ1) is 14.6. The molecule has 1 saturated heterocycles. The van der Waals surface area contributed by atoms with E-state index >= 15 is 0 Å². The predicted octanol–water partition coefficient (Wildman–Crippen LogP) is 1.89. The number of amides is 2. The van der Waals surface area contributed by atoms with Crippen LogP contribution in [0.4, 0.5) is 0 Å². The highest BCUT2D eigenvalue weighted by atomic mass is 16.7. The number of hydrogen-bond acceptors (Lipinski definition) is 7. The van der Waals surface area contributed by atoms with Gasteiger partial charge in [0.15, 0.2) is 17.8 Å². The summed E-state index contributed by atoms with van der Waals surface area (Å²) in [7, 11) is 0. The normalized spacial score (nSPS) is 19.7. The molecule has 0 bridgehead atoms. The number of hydroxylamine groups is 2. The van der Waals surface area contributed by atoms with Gasteiger partial charge in [-0.2, -0.15) is 0 Å². The van der Waals surface area contributed by atoms with Crippen molar-refractivity contribution < 1.29 is 28.4 Å². The molecule has 0 radical (unpaired) electrons. The second kappa shape index (κ2) is 5.57. The van der Waals surface area contributed by atoms with Gasteiger partial charge in [-0.25, -0.2) is 9.78 Å². The number of oxazole rings is 1. The molecule has 122 valence electrons. The first-order valence-corrected chi connectivity index (χ1v) is 7.42. The Morgan fingerprint density at radius 2 is 1.92 bits per heavy atom. The van der Waals surface area contributed by atoms with Crippen LogP contribution in [0.2, 0.25) is 0 Å². The minimum Gasteiger partial charge on any atom is -0.445 e. The molecule has 0 spiro atoms. The number of aromatic nitrogens is 1. The topological polar surface area (TPSA) is 98.9 Å². The van der Waals surface area contributed by atoms with E-state index in [0.29, 0.717) is 18.1 Å². The fraction of sp³-hybridized carbons (Fsp3) is 0.250. The standard InChI is InChI=1S/C16H12N2O6/c19-14-9-4-1-2-5-10(9)15(20)18(14)24-16(21)12-13(23-8-17-12)11-6-3-7-22-11/h1-2,4-5,8,11H,3,6-7H2. The molecule has 2 amide bonds. The molecule has 0 N–H and O–H groups in total. The zero-order valence-electron chi connectivity index (χ0n) is 12.4. The Bertz CT molecular complexity index is 802. The molecule has 1 aromatic carbocycles. The largest absolute Gasteiger partial charge is 0.445 e. The Labute approximate surface area is 135 Å². The monoisotopic (exact) mass is 328 g/mol. The summed E-state index contributed by atoms with van der Waals surface area (Å²) in [5.74, 6) is -2.07. The smallest absolute Gasteiger partial charge is 0.385 e. The van der Waals surface area contributed by atoms with E-state index < -0.39 is 17.8 Å². The highest BCUT2D eigenvalue weighted by Gasteiger charge is 2.40. The van der Waals surface area contributed by atoms with Crippen molar-refractivity contribution in [3.63, 3.8) is 0 Å². The van der Waals surface area contributed by atoms with Crippen LogP contribution in [-0.2, 0) is 9.57 Å². The van der Waals surface area contributed by atoms with Gasteiger partial charge in [0.05, 0.1) is 11.1 Å². The molecule has 2 aliphatic rings. The van der Waals surface area contributed by atoms with Gasteiger partial charge in [-0.1, -0.05) is 17.2 Å². The van der Waals surface area contributed by atoms with Crippen LogP contribution in [0.25, 0.3) is 0 Å². The van der Waals surface area contributed by atoms with Crippen molar-refractivity contribution in [1.82, 2.24) is 10.0 Å². The Kier molecular flexibility index (Phi) is 3.39. The predicted molar refractivity (Wildman–Crippen MR) is 76.8 cm³/mol. The summed E-state index contributed by atoms with van der Waals surface area (Å²) in [5, 5.41) is 0.445. The molecular formula is C16H12N2O6. The van der Waals surface area contributed by atoms with Crippen molar-refractivity contribution >= 4 is 17.8 Å². The minimum atomic E-state index is -0.941. The summed E-state index contributed by atoms with van der Waals surface area (Å²) in [6.45, 7) is 0.568. The molecule has 8 nitrogen and oxygen atoms in total. The third kappa shape index (κ3) is 2.19. The lowest BCUT2D eigenvalue weighted by Gasteiger charge is -2.13. The summed E-state index contributed by atoms with van der Waals surface area (Å²) in [6, 6.07) is 6.25. The summed E-state index contributed by atoms with van der Waals surface area (Å²) in [4.78, 5) is 45.6. The Hall–Kier alpha value is -3.00. The van der Waals surface area contributed by atoms with Gasteiger partial charge in [-0.3, -0.25) is 9.59 Å². The Morgan fingerprint density at radius 3 is 2.54 bits per heavy atom. The second-order valence-electron chi connectivity index (χ2n) is 5.40. The van der Waals surface area contributed by atoms with E-state index in [9.17, 15) is 14.4 Å². The van der Waals surface area contributed by atoms with Crippen LogP contribution in [0.3, 0.4) is 0 Å². The van der Waals surface area contributed by atoms with E-state index in [0.717, 1.165) is 12.8 Å². The SMILES string of the molecule is O=C(ON1C(=O)c2ccccc2C1=O)c1ncoc1C1CCCO1. The maximum Gasteiger partial charge on any atom is 0.385 e. The zero-order valence-corrected chi connectivity index (χ0v) is 12.4. The number of benzene rings is 1. The highest BCUT2D eigenvalue weighted by Crippen LogP contribution is 2.31. The third-order valence-corrected chi connectivity index (χ3v) is 3.94. The van der Waals surface area contributed by atoms with Crippen molar-refractivity contribution in [2.45, 2.75) is 18.9 Å². The summed E-state index contributed by atoms with van der Waals surface area (Å²) < 4.78 is 10.7. The molecular weight excluding hydrogens is 316 g/mol. The molecule has 2 aliphatic heterocycles. The van der Waals surface area contributed by atoms with Crippen LogP contribution >= 0.6 is 0 Å². The lowest BCUT2D eigenvalue weighted by Crippen LogP contribution is -2.33. The quantitative estimate of drug-likeness (QED) is 0.793. The highest BCUT2D eigenvalue weighted by molar-refractivity contribution is 6.21. The third-order valence-electron chi connectivity index (χ3n) is 3.94. The van der Waals surface area contributed by atoms with E-state index in [-0.39, 0.29) is 28.7 Å². The number of carbonyl (C=O) groups is 3. The molecule has 4 rings (SSSR count). The van der Waals surface area contributed by atoms with Gasteiger partial charge in [0, 0.05) is 6.61 Å². The maximum atomic E-state index is 12.3.